The molecule has 1 fully saturated rings. The largest absolute Gasteiger partial charge is 0.290 e. The lowest BCUT2D eigenvalue weighted by atomic mass is 10.1. The number of hydrogen-bond donors (Lipinski definition) is 0. The highest BCUT2D eigenvalue weighted by atomic mass is 35.5. The SMILES string of the molecule is Cc1ccc(-c2ccc(/C=C3\SC(=S)N(C(C)C)C3=O)cn2)cc1Cl. The zero-order valence-electron chi connectivity index (χ0n) is 14.1. The number of benzene rings is 1. The smallest absolute Gasteiger partial charge is 0.266 e. The Morgan fingerprint density at radius 1 is 1.28 bits per heavy atom. The number of pyridine rings is 1. The van der Waals surface area contributed by atoms with Crippen LogP contribution < -0.4 is 0 Å². The molecule has 0 radical (unpaired) electrons. The first-order valence-electron chi connectivity index (χ1n) is 7.86. The fraction of sp³-hybridized carbons (Fsp3) is 0.211. The van der Waals surface area contributed by atoms with Crippen molar-refractivity contribution in [3.63, 3.8) is 0 Å². The van der Waals surface area contributed by atoms with Crippen molar-refractivity contribution in [3.8, 4) is 11.3 Å². The van der Waals surface area contributed by atoms with E-state index in [1.165, 1.54) is 11.8 Å². The van der Waals surface area contributed by atoms with Gasteiger partial charge in [-0.05, 0) is 50.1 Å². The number of halogens is 1. The van der Waals surface area contributed by atoms with Crippen LogP contribution in [0.2, 0.25) is 5.02 Å². The predicted molar refractivity (Wildman–Crippen MR) is 110 cm³/mol. The monoisotopic (exact) mass is 388 g/mol. The summed E-state index contributed by atoms with van der Waals surface area (Å²) in [6.07, 6.45) is 3.59. The summed E-state index contributed by atoms with van der Waals surface area (Å²) in [5, 5.41) is 0.723. The maximum atomic E-state index is 12.4. The van der Waals surface area contributed by atoms with Gasteiger partial charge in [-0.1, -0.05) is 53.8 Å². The van der Waals surface area contributed by atoms with Crippen molar-refractivity contribution in [3.05, 3.63) is 57.6 Å². The minimum atomic E-state index is -0.0422. The molecule has 1 aromatic carbocycles. The van der Waals surface area contributed by atoms with Gasteiger partial charge in [-0.25, -0.2) is 0 Å². The number of thiocarbonyl (C=S) groups is 1. The summed E-state index contributed by atoms with van der Waals surface area (Å²) in [4.78, 5) is 19.2. The van der Waals surface area contributed by atoms with Crippen LogP contribution in [0.5, 0.6) is 0 Å². The van der Waals surface area contributed by atoms with Gasteiger partial charge < -0.3 is 0 Å². The Balaban J connectivity index is 1.85. The Kier molecular flexibility index (Phi) is 5.27. The summed E-state index contributed by atoms with van der Waals surface area (Å²) in [5.74, 6) is -0.0422. The number of carbonyl (C=O) groups excluding carboxylic acids is 1. The Morgan fingerprint density at radius 3 is 2.60 bits per heavy atom. The fourth-order valence-corrected chi connectivity index (χ4v) is 4.19. The minimum absolute atomic E-state index is 0.0422. The molecule has 0 unspecified atom stereocenters. The third-order valence-electron chi connectivity index (χ3n) is 3.89. The first-order valence-corrected chi connectivity index (χ1v) is 9.46. The van der Waals surface area contributed by atoms with Gasteiger partial charge in [0, 0.05) is 22.8 Å². The number of amides is 1. The highest BCUT2D eigenvalue weighted by Crippen LogP contribution is 2.34. The molecule has 0 spiro atoms. The van der Waals surface area contributed by atoms with Gasteiger partial charge >= 0.3 is 0 Å². The van der Waals surface area contributed by atoms with E-state index in [0.717, 1.165) is 27.4 Å². The van der Waals surface area contributed by atoms with Crippen LogP contribution >= 0.6 is 35.6 Å². The van der Waals surface area contributed by atoms with Crippen LogP contribution in [0.15, 0.2) is 41.4 Å². The van der Waals surface area contributed by atoms with Crippen LogP contribution in [0.1, 0.15) is 25.0 Å². The maximum absolute atomic E-state index is 12.4. The van der Waals surface area contributed by atoms with Crippen molar-refractivity contribution in [2.75, 3.05) is 0 Å². The summed E-state index contributed by atoms with van der Waals surface area (Å²) in [6.45, 7) is 5.88. The number of thioether (sulfide) groups is 1. The van der Waals surface area contributed by atoms with E-state index in [4.69, 9.17) is 23.8 Å². The molecule has 2 heterocycles. The minimum Gasteiger partial charge on any atom is -0.290 e. The molecule has 1 amide bonds. The molecule has 0 saturated carbocycles. The van der Waals surface area contributed by atoms with Crippen LogP contribution in [0.4, 0.5) is 0 Å². The molecule has 3 rings (SSSR count). The van der Waals surface area contributed by atoms with E-state index in [-0.39, 0.29) is 11.9 Å². The number of aryl methyl sites for hydroxylation is 1. The Hall–Kier alpha value is -1.69. The summed E-state index contributed by atoms with van der Waals surface area (Å²) < 4.78 is 0.602. The normalized spacial score (nSPS) is 16.4. The molecule has 0 N–H and O–H groups in total. The molecule has 1 aliphatic rings. The maximum Gasteiger partial charge on any atom is 0.266 e. The van der Waals surface area contributed by atoms with Crippen LogP contribution in [0, 0.1) is 6.92 Å². The van der Waals surface area contributed by atoms with Crippen LogP contribution in [0.25, 0.3) is 17.3 Å². The first kappa shape index (κ1) is 18.1. The Bertz CT molecular complexity index is 875. The lowest BCUT2D eigenvalue weighted by Crippen LogP contribution is -2.34. The van der Waals surface area contributed by atoms with E-state index >= 15 is 0 Å². The van der Waals surface area contributed by atoms with E-state index < -0.39 is 0 Å². The van der Waals surface area contributed by atoms with Crippen molar-refractivity contribution in [2.24, 2.45) is 0 Å². The average molecular weight is 389 g/mol. The van der Waals surface area contributed by atoms with Gasteiger partial charge in [-0.2, -0.15) is 0 Å². The van der Waals surface area contributed by atoms with Gasteiger partial charge in [-0.3, -0.25) is 14.7 Å². The predicted octanol–water partition coefficient (Wildman–Crippen LogP) is 5.32. The fourth-order valence-electron chi connectivity index (χ4n) is 2.49. The molecule has 0 atom stereocenters. The molecule has 1 aliphatic heterocycles. The summed E-state index contributed by atoms with van der Waals surface area (Å²) in [6, 6.07) is 9.81. The molecule has 0 bridgehead atoms. The quantitative estimate of drug-likeness (QED) is 0.526. The van der Waals surface area contributed by atoms with Crippen LogP contribution in [-0.2, 0) is 4.79 Å². The second-order valence-electron chi connectivity index (χ2n) is 6.09. The van der Waals surface area contributed by atoms with Crippen molar-refractivity contribution in [2.45, 2.75) is 26.8 Å². The van der Waals surface area contributed by atoms with Crippen molar-refractivity contribution < 1.29 is 4.79 Å². The summed E-state index contributed by atoms with van der Waals surface area (Å²) >= 11 is 12.8. The molecular weight excluding hydrogens is 372 g/mol. The van der Waals surface area contributed by atoms with E-state index in [1.54, 1.807) is 11.1 Å². The van der Waals surface area contributed by atoms with Crippen molar-refractivity contribution in [1.29, 1.82) is 0 Å². The molecular formula is C19H17ClN2OS2. The highest BCUT2D eigenvalue weighted by molar-refractivity contribution is 8.26. The van der Waals surface area contributed by atoms with Gasteiger partial charge in [0.2, 0.25) is 0 Å². The van der Waals surface area contributed by atoms with Gasteiger partial charge in [0.15, 0.2) is 0 Å². The molecule has 0 aliphatic carbocycles. The van der Waals surface area contributed by atoms with Gasteiger partial charge in [0.1, 0.15) is 4.32 Å². The molecule has 1 aromatic heterocycles. The summed E-state index contributed by atoms with van der Waals surface area (Å²) in [5.41, 5.74) is 3.71. The number of aromatic nitrogens is 1. The van der Waals surface area contributed by atoms with Gasteiger partial charge in [-0.15, -0.1) is 0 Å². The third kappa shape index (κ3) is 3.78. The van der Waals surface area contributed by atoms with Gasteiger partial charge in [0.25, 0.3) is 5.91 Å². The molecule has 6 heteroatoms. The van der Waals surface area contributed by atoms with Crippen molar-refractivity contribution in [1.82, 2.24) is 9.88 Å². The number of carbonyl (C=O) groups is 1. The lowest BCUT2D eigenvalue weighted by molar-refractivity contribution is -0.123. The Labute approximate surface area is 162 Å². The third-order valence-corrected chi connectivity index (χ3v) is 5.63. The van der Waals surface area contributed by atoms with Crippen LogP contribution in [-0.4, -0.2) is 26.2 Å². The molecule has 2 aromatic rings. The highest BCUT2D eigenvalue weighted by Gasteiger charge is 2.33. The van der Waals surface area contributed by atoms with Crippen LogP contribution in [0.3, 0.4) is 0 Å². The molecule has 128 valence electrons. The Morgan fingerprint density at radius 2 is 2.04 bits per heavy atom. The second-order valence-corrected chi connectivity index (χ2v) is 8.17. The number of hydrogen-bond acceptors (Lipinski definition) is 4. The van der Waals surface area contributed by atoms with E-state index in [2.05, 4.69) is 4.98 Å². The number of rotatable bonds is 3. The zero-order valence-corrected chi connectivity index (χ0v) is 16.5. The standard InChI is InChI=1S/C19H17ClN2OS2/c1-11(2)22-18(23)17(25-19(22)24)8-13-5-7-16(21-10-13)14-6-4-12(3)15(20)9-14/h4-11H,1-3H3/b17-8-. The van der Waals surface area contributed by atoms with E-state index in [0.29, 0.717) is 9.23 Å². The second kappa shape index (κ2) is 7.28. The summed E-state index contributed by atoms with van der Waals surface area (Å²) in [7, 11) is 0. The van der Waals surface area contributed by atoms with Crippen molar-refractivity contribution >= 4 is 51.9 Å². The zero-order chi connectivity index (χ0) is 18.1. The van der Waals surface area contributed by atoms with E-state index in [1.807, 2.05) is 57.2 Å². The molecule has 3 nitrogen and oxygen atoms in total. The van der Waals surface area contributed by atoms with E-state index in [9.17, 15) is 4.79 Å². The lowest BCUT2D eigenvalue weighted by Gasteiger charge is -2.18. The molecule has 1 saturated heterocycles. The van der Waals surface area contributed by atoms with Gasteiger partial charge in [0.05, 0.1) is 10.6 Å². The first-order chi connectivity index (χ1) is 11.9. The number of nitrogens with zero attached hydrogens (tertiary/aromatic N) is 2. The molecule has 25 heavy (non-hydrogen) atoms. The average Bonchev–Trinajstić information content (AvgIpc) is 2.85. The topological polar surface area (TPSA) is 33.2 Å².